The molecule has 22 heavy (non-hydrogen) atoms. The SMILES string of the molecule is Cl.Cl.N=C(N)c1ccc(/C=C/c2ccc(C(=N)N)cc2)cc1. The molecule has 0 saturated heterocycles. The Morgan fingerprint density at radius 3 is 1.14 bits per heavy atom. The Kier molecular flexibility index (Phi) is 7.94. The number of benzene rings is 2. The molecule has 2 aromatic carbocycles. The van der Waals surface area contributed by atoms with Gasteiger partial charge in [0.2, 0.25) is 0 Å². The van der Waals surface area contributed by atoms with E-state index in [1.54, 1.807) is 0 Å². The molecule has 0 fully saturated rings. The summed E-state index contributed by atoms with van der Waals surface area (Å²) in [6.45, 7) is 0. The molecule has 6 heteroatoms. The quantitative estimate of drug-likeness (QED) is 0.391. The maximum absolute atomic E-state index is 7.33. The number of halogens is 2. The summed E-state index contributed by atoms with van der Waals surface area (Å²) in [7, 11) is 0. The van der Waals surface area contributed by atoms with Crippen molar-refractivity contribution in [2.24, 2.45) is 11.5 Å². The molecule has 6 N–H and O–H groups in total. The molecule has 0 amide bonds. The molecule has 116 valence electrons. The van der Waals surface area contributed by atoms with Gasteiger partial charge in [0.15, 0.2) is 0 Å². The zero-order valence-corrected chi connectivity index (χ0v) is 13.4. The minimum atomic E-state index is 0. The fraction of sp³-hybridized carbons (Fsp3) is 0. The number of hydrogen-bond donors (Lipinski definition) is 4. The van der Waals surface area contributed by atoms with Crippen molar-refractivity contribution in [3.63, 3.8) is 0 Å². The van der Waals surface area contributed by atoms with E-state index in [1.165, 1.54) is 0 Å². The first-order chi connectivity index (χ1) is 9.56. The van der Waals surface area contributed by atoms with Crippen LogP contribution in [0.4, 0.5) is 0 Å². The van der Waals surface area contributed by atoms with Crippen molar-refractivity contribution in [3.8, 4) is 0 Å². The van der Waals surface area contributed by atoms with Crippen LogP contribution in [0.15, 0.2) is 48.5 Å². The molecule has 0 atom stereocenters. The van der Waals surface area contributed by atoms with E-state index < -0.39 is 0 Å². The Morgan fingerprint density at radius 1 is 0.636 bits per heavy atom. The number of rotatable bonds is 4. The topological polar surface area (TPSA) is 99.7 Å². The highest BCUT2D eigenvalue weighted by molar-refractivity contribution is 5.95. The Morgan fingerprint density at radius 2 is 0.909 bits per heavy atom. The lowest BCUT2D eigenvalue weighted by molar-refractivity contribution is 1.42. The third-order valence-electron chi connectivity index (χ3n) is 2.91. The number of hydrogen-bond acceptors (Lipinski definition) is 2. The standard InChI is InChI=1S/C16H16N4.2ClH/c17-15(18)13-7-3-11(4-8-13)1-2-12-5-9-14(10-6-12)16(19)20;;/h1-10H,(H3,17,18)(H3,19,20);2*1H/b2-1+;;. The van der Waals surface area contributed by atoms with Crippen LogP contribution in [0.2, 0.25) is 0 Å². The van der Waals surface area contributed by atoms with E-state index in [2.05, 4.69) is 0 Å². The normalized spacial score (nSPS) is 9.64. The molecule has 0 unspecified atom stereocenters. The molecule has 4 nitrogen and oxygen atoms in total. The Balaban J connectivity index is 0.00000220. The third kappa shape index (κ3) is 5.24. The minimum Gasteiger partial charge on any atom is -0.384 e. The predicted octanol–water partition coefficient (Wildman–Crippen LogP) is 3.27. The highest BCUT2D eigenvalue weighted by Gasteiger charge is 1.96. The predicted molar refractivity (Wildman–Crippen MR) is 98.3 cm³/mol. The molecule has 0 saturated carbocycles. The van der Waals surface area contributed by atoms with E-state index in [1.807, 2.05) is 60.7 Å². The van der Waals surface area contributed by atoms with Gasteiger partial charge in [-0.2, -0.15) is 0 Å². The summed E-state index contributed by atoms with van der Waals surface area (Å²) in [5.41, 5.74) is 14.3. The van der Waals surface area contributed by atoms with Crippen LogP contribution in [0.5, 0.6) is 0 Å². The highest BCUT2D eigenvalue weighted by atomic mass is 35.5. The fourth-order valence-electron chi connectivity index (χ4n) is 1.74. The van der Waals surface area contributed by atoms with Crippen molar-refractivity contribution in [1.29, 1.82) is 10.8 Å². The smallest absolute Gasteiger partial charge is 0.122 e. The summed E-state index contributed by atoms with van der Waals surface area (Å²) in [4.78, 5) is 0. The summed E-state index contributed by atoms with van der Waals surface area (Å²) in [5.74, 6) is 0.140. The number of nitrogens with two attached hydrogens (primary N) is 2. The van der Waals surface area contributed by atoms with E-state index in [4.69, 9.17) is 22.3 Å². The molecule has 0 heterocycles. The average Bonchev–Trinajstić information content (AvgIpc) is 2.46. The summed E-state index contributed by atoms with van der Waals surface area (Å²) < 4.78 is 0. The molecule has 0 aliphatic heterocycles. The third-order valence-corrected chi connectivity index (χ3v) is 2.91. The van der Waals surface area contributed by atoms with Gasteiger partial charge in [-0.3, -0.25) is 10.8 Å². The van der Waals surface area contributed by atoms with Gasteiger partial charge in [0.25, 0.3) is 0 Å². The maximum atomic E-state index is 7.33. The van der Waals surface area contributed by atoms with Crippen LogP contribution in [0, 0.1) is 10.8 Å². The van der Waals surface area contributed by atoms with Crippen molar-refractivity contribution < 1.29 is 0 Å². The van der Waals surface area contributed by atoms with Crippen LogP contribution >= 0.6 is 24.8 Å². The zero-order valence-electron chi connectivity index (χ0n) is 11.7. The van der Waals surface area contributed by atoms with Gasteiger partial charge in [-0.25, -0.2) is 0 Å². The fourth-order valence-corrected chi connectivity index (χ4v) is 1.74. The molecular formula is C16H18Cl2N4. The summed E-state index contributed by atoms with van der Waals surface area (Å²) in [6.07, 6.45) is 3.96. The van der Waals surface area contributed by atoms with Crippen LogP contribution in [-0.4, -0.2) is 11.7 Å². The zero-order chi connectivity index (χ0) is 14.5. The number of nitrogen functional groups attached to an aromatic ring is 2. The van der Waals surface area contributed by atoms with Crippen molar-refractivity contribution >= 4 is 48.6 Å². The second kappa shape index (κ2) is 8.87. The average molecular weight is 337 g/mol. The van der Waals surface area contributed by atoms with Crippen molar-refractivity contribution in [1.82, 2.24) is 0 Å². The first kappa shape index (κ1) is 19.7. The molecule has 0 aliphatic rings. The van der Waals surface area contributed by atoms with Crippen LogP contribution in [0.3, 0.4) is 0 Å². The Labute approximate surface area is 142 Å². The van der Waals surface area contributed by atoms with E-state index in [0.29, 0.717) is 11.1 Å². The highest BCUT2D eigenvalue weighted by Crippen LogP contribution is 2.10. The second-order valence-electron chi connectivity index (χ2n) is 4.40. The monoisotopic (exact) mass is 336 g/mol. The van der Waals surface area contributed by atoms with E-state index in [9.17, 15) is 0 Å². The van der Waals surface area contributed by atoms with E-state index in [-0.39, 0.29) is 36.5 Å². The molecular weight excluding hydrogens is 319 g/mol. The van der Waals surface area contributed by atoms with Gasteiger partial charge in [-0.15, -0.1) is 24.8 Å². The lowest BCUT2D eigenvalue weighted by atomic mass is 10.1. The minimum absolute atomic E-state index is 0. The molecule has 0 spiro atoms. The van der Waals surface area contributed by atoms with Gasteiger partial charge >= 0.3 is 0 Å². The van der Waals surface area contributed by atoms with E-state index in [0.717, 1.165) is 11.1 Å². The first-order valence-corrected chi connectivity index (χ1v) is 6.13. The number of nitrogens with one attached hydrogen (secondary N) is 2. The van der Waals surface area contributed by atoms with Crippen LogP contribution in [0.25, 0.3) is 12.2 Å². The summed E-state index contributed by atoms with van der Waals surface area (Å²) >= 11 is 0. The molecule has 2 rings (SSSR count). The van der Waals surface area contributed by atoms with Crippen molar-refractivity contribution in [3.05, 3.63) is 70.8 Å². The van der Waals surface area contributed by atoms with Gasteiger partial charge in [0, 0.05) is 11.1 Å². The molecule has 2 aromatic rings. The van der Waals surface area contributed by atoms with Gasteiger partial charge in [0.05, 0.1) is 0 Å². The van der Waals surface area contributed by atoms with Gasteiger partial charge < -0.3 is 11.5 Å². The van der Waals surface area contributed by atoms with Crippen molar-refractivity contribution in [2.75, 3.05) is 0 Å². The summed E-state index contributed by atoms with van der Waals surface area (Å²) in [5, 5.41) is 14.7. The Bertz CT molecular complexity index is 602. The molecule has 0 aromatic heterocycles. The first-order valence-electron chi connectivity index (χ1n) is 6.13. The lowest BCUT2D eigenvalue weighted by Crippen LogP contribution is -2.10. The Hall–Kier alpha value is -2.30. The lowest BCUT2D eigenvalue weighted by Gasteiger charge is -2.00. The van der Waals surface area contributed by atoms with E-state index >= 15 is 0 Å². The largest absolute Gasteiger partial charge is 0.384 e. The van der Waals surface area contributed by atoms with Crippen LogP contribution in [0.1, 0.15) is 22.3 Å². The van der Waals surface area contributed by atoms with Crippen LogP contribution in [-0.2, 0) is 0 Å². The van der Waals surface area contributed by atoms with Gasteiger partial charge in [-0.05, 0) is 11.1 Å². The van der Waals surface area contributed by atoms with Crippen LogP contribution < -0.4 is 11.5 Å². The molecule has 0 radical (unpaired) electrons. The second-order valence-corrected chi connectivity index (χ2v) is 4.40. The van der Waals surface area contributed by atoms with Gasteiger partial charge in [-0.1, -0.05) is 60.7 Å². The van der Waals surface area contributed by atoms with Crippen molar-refractivity contribution in [2.45, 2.75) is 0 Å². The maximum Gasteiger partial charge on any atom is 0.122 e. The summed E-state index contributed by atoms with van der Waals surface area (Å²) in [6, 6.07) is 14.9. The number of amidine groups is 2. The molecule has 0 aliphatic carbocycles. The molecule has 0 bridgehead atoms. The van der Waals surface area contributed by atoms with Gasteiger partial charge in [0.1, 0.15) is 11.7 Å².